The van der Waals surface area contributed by atoms with Crippen molar-refractivity contribution >= 4 is 32.4 Å². The molecule has 0 aliphatic rings. The zero-order chi connectivity index (χ0) is 8.36. The standard InChI is InChI=1S/C6H9IO3/c1-6(2,5(9)10)3-4(7)8/h3H2,1-2H3,(H,9,10). The number of aliphatic carboxylic acids is 1. The van der Waals surface area contributed by atoms with E-state index < -0.39 is 11.4 Å². The number of carbonyl (C=O) groups is 2. The van der Waals surface area contributed by atoms with Crippen molar-refractivity contribution in [2.24, 2.45) is 5.41 Å². The zero-order valence-electron chi connectivity index (χ0n) is 5.85. The fraction of sp³-hybridized carbons (Fsp3) is 0.667. The molecule has 0 unspecified atom stereocenters. The molecule has 10 heavy (non-hydrogen) atoms. The number of carbonyl (C=O) groups excluding carboxylic acids is 1. The molecule has 0 atom stereocenters. The summed E-state index contributed by atoms with van der Waals surface area (Å²) in [6, 6.07) is 0. The SMILES string of the molecule is CC(C)(CC(=O)I)C(=O)O. The Balaban J connectivity index is 4.13. The highest BCUT2D eigenvalue weighted by molar-refractivity contribution is 14.1. The summed E-state index contributed by atoms with van der Waals surface area (Å²) in [4.78, 5) is 20.9. The van der Waals surface area contributed by atoms with E-state index in [1.165, 1.54) is 13.8 Å². The van der Waals surface area contributed by atoms with E-state index in [1.54, 1.807) is 22.6 Å². The summed E-state index contributed by atoms with van der Waals surface area (Å²) < 4.78 is -0.120. The molecule has 0 saturated heterocycles. The van der Waals surface area contributed by atoms with Crippen LogP contribution >= 0.6 is 22.6 Å². The molecule has 4 heteroatoms. The summed E-state index contributed by atoms with van der Waals surface area (Å²) in [5.74, 6) is -0.933. The average molecular weight is 256 g/mol. The highest BCUT2D eigenvalue weighted by atomic mass is 127. The van der Waals surface area contributed by atoms with Gasteiger partial charge in [0.1, 0.15) is 0 Å². The Morgan fingerprint density at radius 3 is 2.00 bits per heavy atom. The summed E-state index contributed by atoms with van der Waals surface area (Å²) in [6.45, 7) is 3.07. The number of halogens is 1. The molecule has 0 bridgehead atoms. The molecular formula is C6H9IO3. The lowest BCUT2D eigenvalue weighted by Gasteiger charge is -2.15. The van der Waals surface area contributed by atoms with Crippen molar-refractivity contribution in [3.05, 3.63) is 0 Å². The van der Waals surface area contributed by atoms with E-state index in [0.29, 0.717) is 0 Å². The molecule has 0 saturated carbocycles. The first kappa shape index (κ1) is 9.87. The molecule has 3 nitrogen and oxygen atoms in total. The van der Waals surface area contributed by atoms with Crippen molar-refractivity contribution in [1.82, 2.24) is 0 Å². The van der Waals surface area contributed by atoms with Crippen molar-refractivity contribution in [3.63, 3.8) is 0 Å². The highest BCUT2D eigenvalue weighted by Crippen LogP contribution is 2.21. The van der Waals surface area contributed by atoms with Crippen LogP contribution in [0.2, 0.25) is 0 Å². The van der Waals surface area contributed by atoms with Gasteiger partial charge in [-0.15, -0.1) is 0 Å². The van der Waals surface area contributed by atoms with Crippen molar-refractivity contribution < 1.29 is 14.7 Å². The van der Waals surface area contributed by atoms with E-state index >= 15 is 0 Å². The fourth-order valence-corrected chi connectivity index (χ4v) is 1.38. The molecule has 0 aromatic carbocycles. The first-order valence-corrected chi connectivity index (χ1v) is 3.86. The quantitative estimate of drug-likeness (QED) is 0.614. The monoisotopic (exact) mass is 256 g/mol. The molecule has 0 aliphatic carbocycles. The lowest BCUT2D eigenvalue weighted by atomic mass is 9.91. The topological polar surface area (TPSA) is 54.4 Å². The molecule has 0 amide bonds. The number of carboxylic acid groups (broad SMARTS) is 1. The molecular weight excluding hydrogens is 247 g/mol. The second-order valence-corrected chi connectivity index (χ2v) is 3.92. The Bertz CT molecular complexity index is 162. The van der Waals surface area contributed by atoms with Gasteiger partial charge in [0.05, 0.1) is 5.41 Å². The maximum Gasteiger partial charge on any atom is 0.309 e. The summed E-state index contributed by atoms with van der Waals surface area (Å²) >= 11 is 1.60. The van der Waals surface area contributed by atoms with E-state index in [0.717, 1.165) is 0 Å². The average Bonchev–Trinajstić information content (AvgIpc) is 1.60. The van der Waals surface area contributed by atoms with Gasteiger partial charge in [0, 0.05) is 6.42 Å². The minimum Gasteiger partial charge on any atom is -0.481 e. The first-order valence-electron chi connectivity index (χ1n) is 2.78. The van der Waals surface area contributed by atoms with E-state index in [9.17, 15) is 9.59 Å². The summed E-state index contributed by atoms with van der Waals surface area (Å²) in [7, 11) is 0. The van der Waals surface area contributed by atoms with Gasteiger partial charge in [0.15, 0.2) is 3.79 Å². The maximum atomic E-state index is 10.5. The van der Waals surface area contributed by atoms with Crippen molar-refractivity contribution in [1.29, 1.82) is 0 Å². The molecule has 0 aromatic rings. The molecule has 0 aromatic heterocycles. The van der Waals surface area contributed by atoms with Gasteiger partial charge in [0.25, 0.3) is 0 Å². The minimum absolute atomic E-state index is 0.0862. The van der Waals surface area contributed by atoms with Gasteiger partial charge in [-0.05, 0) is 36.4 Å². The Morgan fingerprint density at radius 2 is 1.90 bits per heavy atom. The van der Waals surface area contributed by atoms with Gasteiger partial charge in [-0.1, -0.05) is 0 Å². The minimum atomic E-state index is -0.933. The van der Waals surface area contributed by atoms with Gasteiger partial charge in [-0.3, -0.25) is 9.59 Å². The number of hydrogen-bond donors (Lipinski definition) is 1. The van der Waals surface area contributed by atoms with Crippen LogP contribution in [0.4, 0.5) is 0 Å². The maximum absolute atomic E-state index is 10.5. The van der Waals surface area contributed by atoms with Crippen LogP contribution in [0.1, 0.15) is 20.3 Å². The molecule has 0 heterocycles. The van der Waals surface area contributed by atoms with Gasteiger partial charge >= 0.3 is 5.97 Å². The van der Waals surface area contributed by atoms with Crippen LogP contribution in [-0.4, -0.2) is 14.9 Å². The van der Waals surface area contributed by atoms with E-state index in [4.69, 9.17) is 5.11 Å². The smallest absolute Gasteiger partial charge is 0.309 e. The third-order valence-electron chi connectivity index (χ3n) is 1.16. The molecule has 0 fully saturated rings. The predicted octanol–water partition coefficient (Wildman–Crippen LogP) is 1.45. The number of hydrogen-bond acceptors (Lipinski definition) is 2. The van der Waals surface area contributed by atoms with Crippen LogP contribution in [0.3, 0.4) is 0 Å². The van der Waals surface area contributed by atoms with Crippen LogP contribution in [0, 0.1) is 5.41 Å². The number of rotatable bonds is 3. The van der Waals surface area contributed by atoms with Gasteiger partial charge in [-0.25, -0.2) is 0 Å². The zero-order valence-corrected chi connectivity index (χ0v) is 8.01. The van der Waals surface area contributed by atoms with Crippen molar-refractivity contribution in [3.8, 4) is 0 Å². The van der Waals surface area contributed by atoms with Crippen molar-refractivity contribution in [2.75, 3.05) is 0 Å². The van der Waals surface area contributed by atoms with Crippen molar-refractivity contribution in [2.45, 2.75) is 20.3 Å². The largest absolute Gasteiger partial charge is 0.481 e. The normalized spacial score (nSPS) is 11.1. The van der Waals surface area contributed by atoms with Gasteiger partial charge in [0.2, 0.25) is 0 Å². The van der Waals surface area contributed by atoms with E-state index in [2.05, 4.69) is 0 Å². The molecule has 0 aliphatic heterocycles. The highest BCUT2D eigenvalue weighted by Gasteiger charge is 2.28. The van der Waals surface area contributed by atoms with E-state index in [-0.39, 0.29) is 10.2 Å². The van der Waals surface area contributed by atoms with Crippen LogP contribution in [0.25, 0.3) is 0 Å². The summed E-state index contributed by atoms with van der Waals surface area (Å²) in [5, 5.41) is 8.53. The van der Waals surface area contributed by atoms with Gasteiger partial charge < -0.3 is 5.11 Å². The van der Waals surface area contributed by atoms with E-state index in [1.807, 2.05) is 0 Å². The third-order valence-corrected chi connectivity index (χ3v) is 1.54. The lowest BCUT2D eigenvalue weighted by molar-refractivity contribution is -0.148. The Labute approximate surface area is 72.9 Å². The number of carboxylic acids is 1. The Hall–Kier alpha value is -0.130. The lowest BCUT2D eigenvalue weighted by Crippen LogP contribution is -2.25. The second-order valence-electron chi connectivity index (χ2n) is 2.72. The van der Waals surface area contributed by atoms with Crippen LogP contribution in [0.5, 0.6) is 0 Å². The molecule has 1 N–H and O–H groups in total. The molecule has 0 radical (unpaired) electrons. The van der Waals surface area contributed by atoms with Crippen LogP contribution in [0.15, 0.2) is 0 Å². The summed E-state index contributed by atoms with van der Waals surface area (Å²) in [5.41, 5.74) is -0.918. The Kier molecular flexibility index (Phi) is 3.27. The molecule has 58 valence electrons. The molecule has 0 spiro atoms. The molecule has 0 rings (SSSR count). The summed E-state index contributed by atoms with van der Waals surface area (Å²) in [6.07, 6.45) is 0.0862. The predicted molar refractivity (Wildman–Crippen MR) is 45.1 cm³/mol. The fourth-order valence-electron chi connectivity index (χ4n) is 0.423. The second kappa shape index (κ2) is 3.32. The Morgan fingerprint density at radius 1 is 1.50 bits per heavy atom. The van der Waals surface area contributed by atoms with Crippen LogP contribution in [-0.2, 0) is 9.59 Å². The third kappa shape index (κ3) is 3.14. The van der Waals surface area contributed by atoms with Gasteiger partial charge in [-0.2, -0.15) is 0 Å². The van der Waals surface area contributed by atoms with Crippen LogP contribution < -0.4 is 0 Å². The first-order chi connectivity index (χ1) is 4.36.